The zero-order valence-corrected chi connectivity index (χ0v) is 76.7. The van der Waals surface area contributed by atoms with E-state index in [-0.39, 0.29) is 69.4 Å². The molecule has 12 aromatic rings. The van der Waals surface area contributed by atoms with Gasteiger partial charge in [0.15, 0.2) is 34.7 Å². The molecule has 12 rings (SSSR count). The molecule has 0 bridgehead atoms. The summed E-state index contributed by atoms with van der Waals surface area (Å²) < 4.78 is 88.6. The Morgan fingerprint density at radius 2 is 0.549 bits per heavy atom. The Morgan fingerprint density at radius 1 is 0.320 bits per heavy atom. The number of pyridine rings is 4. The van der Waals surface area contributed by atoms with Crippen molar-refractivity contribution in [2.45, 2.75) is 108 Å². The Morgan fingerprint density at radius 3 is 0.770 bits per heavy atom. The summed E-state index contributed by atoms with van der Waals surface area (Å²) in [7, 11) is 2.97. The van der Waals surface area contributed by atoms with Crippen molar-refractivity contribution >= 4 is 166 Å². The molecule has 122 heavy (non-hydrogen) atoms. The van der Waals surface area contributed by atoms with E-state index in [1.807, 2.05) is 77.9 Å². The number of benzene rings is 4. The van der Waals surface area contributed by atoms with Gasteiger partial charge in [-0.1, -0.05) is 88.0 Å². The second-order valence-corrected chi connectivity index (χ2v) is 32.9. The van der Waals surface area contributed by atoms with Gasteiger partial charge in [0, 0.05) is 93.1 Å². The number of carbonyl (C=O) groups excluding carboxylic acids is 8. The predicted molar refractivity (Wildman–Crippen MR) is 469 cm³/mol. The topological polar surface area (TPSA) is 356 Å². The Bertz CT molecular complexity index is 6050. The minimum absolute atomic E-state index is 0.0372. The Balaban J connectivity index is 0.000000185. The number of carbonyl (C=O) groups is 8. The molecule has 0 radical (unpaired) electrons. The van der Waals surface area contributed by atoms with Gasteiger partial charge in [-0.05, 0) is 232 Å². The highest BCUT2D eigenvalue weighted by molar-refractivity contribution is 9.11. The SMILES string of the molecule is CNC(=O)c1cc(Br)cc(C)c1NC(=O)c1cc(Br)nn1-c1ncccc1C.CNC(=O)c1cc(Br)cc(C)c1NC(=O)c1cc(C(F)(F)F)nn1-c1ncccc1C.Cc1cccnc1-n1nc(Br)cc1C(=O)Nc1c(C)cc(Br)cc1C(=O)NC(C)C.Cc1cccnc1-n1nc(C(F)(F)F)cc1C(=O)Nc1c(C)cc(Br)cc1C(=O)NC(C)C. The van der Waals surface area contributed by atoms with E-state index in [4.69, 9.17) is 0 Å². The first kappa shape index (κ1) is 94.4. The van der Waals surface area contributed by atoms with Crippen LogP contribution in [0.15, 0.2) is 173 Å². The molecule has 0 saturated carbocycles. The van der Waals surface area contributed by atoms with Gasteiger partial charge in [0.25, 0.3) is 47.3 Å². The molecule has 8 N–H and O–H groups in total. The molecule has 0 atom stereocenters. The summed E-state index contributed by atoms with van der Waals surface area (Å²) in [6, 6.07) is 31.7. The Hall–Kier alpha value is -11.5. The van der Waals surface area contributed by atoms with Crippen LogP contribution in [0.5, 0.6) is 0 Å². The number of hydrogen-bond donors (Lipinski definition) is 8. The van der Waals surface area contributed by atoms with Crippen LogP contribution in [0.4, 0.5) is 49.1 Å². The number of rotatable bonds is 18. The maximum Gasteiger partial charge on any atom is 0.435 e. The average Bonchev–Trinajstić information content (AvgIpc) is 1.61. The van der Waals surface area contributed by atoms with Gasteiger partial charge in [0.1, 0.15) is 32.0 Å². The minimum Gasteiger partial charge on any atom is -0.355 e. The van der Waals surface area contributed by atoms with Crippen LogP contribution in [0.25, 0.3) is 23.3 Å². The average molecular weight is 2060 g/mol. The van der Waals surface area contributed by atoms with Crippen LogP contribution in [0.2, 0.25) is 0 Å². The third-order valence-corrected chi connectivity index (χ3v) is 20.1. The smallest absolute Gasteiger partial charge is 0.355 e. The molecule has 0 saturated heterocycles. The molecule has 8 heterocycles. The van der Waals surface area contributed by atoms with Crippen molar-refractivity contribution in [1.82, 2.24) is 80.3 Å². The fourth-order valence-corrected chi connectivity index (χ4v) is 14.9. The van der Waals surface area contributed by atoms with Gasteiger partial charge in [-0.25, -0.2) is 38.7 Å². The summed E-state index contributed by atoms with van der Waals surface area (Å²) in [6.07, 6.45) is -3.45. The summed E-state index contributed by atoms with van der Waals surface area (Å²) in [5.74, 6) is -2.73. The maximum absolute atomic E-state index is 13.4. The predicted octanol–water partition coefficient (Wildman–Crippen LogP) is 18.2. The molecule has 28 nitrogen and oxygen atoms in total. The van der Waals surface area contributed by atoms with E-state index in [0.717, 1.165) is 40.6 Å². The van der Waals surface area contributed by atoms with E-state index < -0.39 is 59.2 Å². The number of aryl methyl sites for hydroxylation is 8. The summed E-state index contributed by atoms with van der Waals surface area (Å²) in [4.78, 5) is 119. The molecular formula is C82H76Br6F6N20O8. The van der Waals surface area contributed by atoms with Gasteiger partial charge in [0.2, 0.25) is 0 Å². The summed E-state index contributed by atoms with van der Waals surface area (Å²) in [5.41, 5.74) is 5.06. The fourth-order valence-electron chi connectivity index (χ4n) is 11.8. The summed E-state index contributed by atoms with van der Waals surface area (Å²) in [6.45, 7) is 21.4. The first-order chi connectivity index (χ1) is 57.4. The van der Waals surface area contributed by atoms with Crippen molar-refractivity contribution < 1.29 is 64.7 Å². The van der Waals surface area contributed by atoms with Crippen LogP contribution in [0.1, 0.15) is 167 Å². The van der Waals surface area contributed by atoms with E-state index >= 15 is 0 Å². The molecular weight excluding hydrogens is 1990 g/mol. The standard InChI is InChI=1S/C22H21BrF3N5O2.C21H21Br2N5O2.C20H17BrF3N5O2.C19H17Br2N5O2/c1-11(2)28-20(32)15-9-14(23)8-13(4)18(15)29-21(33)16-10-17(22(24,25)26)30-31(16)19-12(3)6-5-7-27-19;1-11(2)25-20(29)15-9-14(22)8-13(4)18(15)26-21(30)16-10-17(23)27-28(16)19-12(3)6-5-7-24-19;1-10-5-4-6-26-17(10)29-14(9-15(28-29)20(22,23)24)19(31)27-16-11(2)7-12(21)8-13(16)18(30)25-3;1-10-5-4-6-23-17(10)26-14(9-15(21)25-26)19(28)24-16-11(2)7-12(20)8-13(16)18(27)22-3/h5-11H,1-4H3,(H,28,32)(H,29,33);5-11H,1-4H3,(H,25,29)(H,26,30);4-9H,1-3H3,(H,25,30)(H,27,31);4-9H,1-3H3,(H,22,27)(H,24,28). The van der Waals surface area contributed by atoms with Crippen molar-refractivity contribution in [2.75, 3.05) is 35.4 Å². The van der Waals surface area contributed by atoms with Gasteiger partial charge >= 0.3 is 12.4 Å². The molecule has 0 fully saturated rings. The molecule has 40 heteroatoms. The molecule has 0 unspecified atom stereocenters. The van der Waals surface area contributed by atoms with Gasteiger partial charge in [-0.15, -0.1) is 0 Å². The lowest BCUT2D eigenvalue weighted by Gasteiger charge is -2.16. The van der Waals surface area contributed by atoms with E-state index in [1.165, 1.54) is 40.9 Å². The second kappa shape index (κ2) is 40.5. The minimum atomic E-state index is -4.77. The van der Waals surface area contributed by atoms with E-state index in [1.54, 1.807) is 122 Å². The number of hydrogen-bond acceptors (Lipinski definition) is 16. The number of halogens is 12. The number of amides is 8. The van der Waals surface area contributed by atoms with Crippen molar-refractivity contribution in [2.24, 2.45) is 0 Å². The van der Waals surface area contributed by atoms with Gasteiger partial charge in [-0.2, -0.15) is 46.7 Å². The first-order valence-electron chi connectivity index (χ1n) is 36.4. The van der Waals surface area contributed by atoms with E-state index in [0.29, 0.717) is 98.1 Å². The normalized spacial score (nSPS) is 11.1. The first-order valence-corrected chi connectivity index (χ1v) is 41.2. The lowest BCUT2D eigenvalue weighted by atomic mass is 10.1. The molecule has 0 aliphatic heterocycles. The van der Waals surface area contributed by atoms with Crippen molar-refractivity contribution in [3.8, 4) is 23.3 Å². The molecule has 4 aromatic carbocycles. The van der Waals surface area contributed by atoms with Crippen LogP contribution in [-0.2, 0) is 12.4 Å². The third kappa shape index (κ3) is 23.2. The number of alkyl halides is 6. The zero-order chi connectivity index (χ0) is 89.8. The second-order valence-electron chi connectivity index (χ2n) is 27.6. The quantitative estimate of drug-likeness (QED) is 0.0370. The molecule has 636 valence electrons. The molecule has 0 aliphatic rings. The van der Waals surface area contributed by atoms with Crippen LogP contribution in [-0.4, -0.2) is 132 Å². The Labute approximate surface area is 745 Å². The van der Waals surface area contributed by atoms with Crippen molar-refractivity contribution in [3.05, 3.63) is 274 Å². The number of aromatic nitrogens is 12. The monoisotopic (exact) mass is 2060 g/mol. The molecule has 0 spiro atoms. The Kier molecular flexibility index (Phi) is 31.3. The maximum atomic E-state index is 13.4. The van der Waals surface area contributed by atoms with Gasteiger partial charge < -0.3 is 42.5 Å². The lowest BCUT2D eigenvalue weighted by Crippen LogP contribution is -2.31. The van der Waals surface area contributed by atoms with Gasteiger partial charge in [-0.3, -0.25) is 38.4 Å². The van der Waals surface area contributed by atoms with Crippen molar-refractivity contribution in [1.29, 1.82) is 0 Å². The number of nitrogens with zero attached hydrogens (tertiary/aromatic N) is 12. The number of nitrogens with one attached hydrogen (secondary N) is 8. The van der Waals surface area contributed by atoms with Crippen LogP contribution >= 0.6 is 95.6 Å². The highest BCUT2D eigenvalue weighted by atomic mass is 79.9. The molecule has 0 aliphatic carbocycles. The van der Waals surface area contributed by atoms with Crippen LogP contribution in [0.3, 0.4) is 0 Å². The van der Waals surface area contributed by atoms with Crippen LogP contribution < -0.4 is 42.5 Å². The van der Waals surface area contributed by atoms with Gasteiger partial charge in [0.05, 0.1) is 45.0 Å². The molecule has 8 aromatic heterocycles. The summed E-state index contributed by atoms with van der Waals surface area (Å²) >= 11 is 20.1. The van der Waals surface area contributed by atoms with Crippen molar-refractivity contribution in [3.63, 3.8) is 0 Å². The summed E-state index contributed by atoms with van der Waals surface area (Å²) in [5, 5.41) is 37.4. The zero-order valence-electron chi connectivity index (χ0n) is 67.2. The highest BCUT2D eigenvalue weighted by Crippen LogP contribution is 2.36. The van der Waals surface area contributed by atoms with E-state index in [9.17, 15) is 64.7 Å². The third-order valence-electron chi connectivity index (χ3n) is 17.4. The highest BCUT2D eigenvalue weighted by Gasteiger charge is 2.39. The molecule has 8 amide bonds. The lowest BCUT2D eigenvalue weighted by molar-refractivity contribution is -0.142. The van der Waals surface area contributed by atoms with Crippen LogP contribution in [0, 0.1) is 55.4 Å². The number of anilines is 4. The largest absolute Gasteiger partial charge is 0.435 e. The van der Waals surface area contributed by atoms with E-state index in [2.05, 4.69) is 178 Å². The fraction of sp³-hybridized carbons (Fsp3) is 0.220.